The lowest BCUT2D eigenvalue weighted by atomic mass is 10.1. The Labute approximate surface area is 110 Å². The van der Waals surface area contributed by atoms with Gasteiger partial charge in [-0.3, -0.25) is 4.79 Å². The minimum absolute atomic E-state index is 0.0240. The number of rotatable bonds is 5. The molecular formula is C13H17F3N2O. The number of anilines is 1. The molecule has 1 atom stereocenters. The molecular weight excluding hydrogens is 257 g/mol. The average Bonchev–Trinajstić information content (AvgIpc) is 2.35. The highest BCUT2D eigenvalue weighted by molar-refractivity contribution is 5.81. The lowest BCUT2D eigenvalue weighted by Gasteiger charge is -2.17. The van der Waals surface area contributed by atoms with Gasteiger partial charge in [0.15, 0.2) is 17.5 Å². The molecule has 0 fully saturated rings. The van der Waals surface area contributed by atoms with E-state index in [4.69, 9.17) is 0 Å². The van der Waals surface area contributed by atoms with Crippen molar-refractivity contribution >= 4 is 11.6 Å². The number of carbonyl (C=O) groups excluding carboxylic acids is 1. The Kier molecular flexibility index (Phi) is 5.20. The van der Waals surface area contributed by atoms with Gasteiger partial charge in [0.25, 0.3) is 0 Å². The largest absolute Gasteiger partial charge is 0.374 e. The summed E-state index contributed by atoms with van der Waals surface area (Å²) in [5.41, 5.74) is -0.244. The molecule has 0 aliphatic heterocycles. The predicted octanol–water partition coefficient (Wildman–Crippen LogP) is 2.68. The van der Waals surface area contributed by atoms with Crippen LogP contribution < -0.4 is 10.6 Å². The third-order valence-corrected chi connectivity index (χ3v) is 2.86. The van der Waals surface area contributed by atoms with Gasteiger partial charge in [-0.2, -0.15) is 0 Å². The maximum absolute atomic E-state index is 13.3. The molecule has 0 radical (unpaired) electrons. The van der Waals surface area contributed by atoms with Gasteiger partial charge in [-0.15, -0.1) is 0 Å². The summed E-state index contributed by atoms with van der Waals surface area (Å²) in [5.74, 6) is -4.22. The summed E-state index contributed by atoms with van der Waals surface area (Å²) in [6, 6.07) is 1.83. The molecule has 1 aromatic rings. The van der Waals surface area contributed by atoms with E-state index in [1.165, 1.54) is 0 Å². The number of carbonyl (C=O) groups is 1. The van der Waals surface area contributed by atoms with Crippen molar-refractivity contribution in [2.75, 3.05) is 11.9 Å². The van der Waals surface area contributed by atoms with Gasteiger partial charge in [0, 0.05) is 6.04 Å². The number of amides is 1. The quantitative estimate of drug-likeness (QED) is 0.810. The molecule has 0 aliphatic rings. The van der Waals surface area contributed by atoms with Crippen LogP contribution in [0.3, 0.4) is 0 Å². The van der Waals surface area contributed by atoms with Crippen molar-refractivity contribution < 1.29 is 18.0 Å². The number of benzene rings is 1. The van der Waals surface area contributed by atoms with Crippen LogP contribution in [-0.2, 0) is 4.79 Å². The van der Waals surface area contributed by atoms with Gasteiger partial charge >= 0.3 is 0 Å². The minimum Gasteiger partial charge on any atom is -0.374 e. The van der Waals surface area contributed by atoms with E-state index in [0.717, 1.165) is 12.1 Å². The van der Waals surface area contributed by atoms with Gasteiger partial charge < -0.3 is 10.6 Å². The first kappa shape index (κ1) is 15.3. The zero-order valence-corrected chi connectivity index (χ0v) is 11.1. The summed E-state index contributed by atoms with van der Waals surface area (Å²) >= 11 is 0. The van der Waals surface area contributed by atoms with Crippen LogP contribution in [0.4, 0.5) is 18.9 Å². The summed E-state index contributed by atoms with van der Waals surface area (Å²) < 4.78 is 38.9. The Bertz CT molecular complexity index is 463. The summed E-state index contributed by atoms with van der Waals surface area (Å²) in [5, 5.41) is 5.13. The van der Waals surface area contributed by atoms with E-state index >= 15 is 0 Å². The lowest BCUT2D eigenvalue weighted by Crippen LogP contribution is -2.39. The first-order valence-corrected chi connectivity index (χ1v) is 5.99. The van der Waals surface area contributed by atoms with E-state index in [2.05, 4.69) is 10.6 Å². The molecule has 1 amide bonds. The molecule has 19 heavy (non-hydrogen) atoms. The van der Waals surface area contributed by atoms with Crippen LogP contribution in [0.25, 0.3) is 0 Å². The second kappa shape index (κ2) is 6.45. The molecule has 0 saturated heterocycles. The zero-order chi connectivity index (χ0) is 14.6. The zero-order valence-electron chi connectivity index (χ0n) is 11.1. The van der Waals surface area contributed by atoms with E-state index < -0.39 is 17.5 Å². The van der Waals surface area contributed by atoms with Crippen LogP contribution in [0.1, 0.15) is 20.8 Å². The van der Waals surface area contributed by atoms with E-state index in [0.29, 0.717) is 0 Å². The molecule has 106 valence electrons. The number of hydrogen-bond donors (Lipinski definition) is 2. The minimum atomic E-state index is -1.55. The number of hydrogen-bond acceptors (Lipinski definition) is 2. The second-order valence-corrected chi connectivity index (χ2v) is 4.68. The Morgan fingerprint density at radius 3 is 2.37 bits per heavy atom. The topological polar surface area (TPSA) is 41.1 Å². The Balaban J connectivity index is 2.58. The predicted molar refractivity (Wildman–Crippen MR) is 67.2 cm³/mol. The third kappa shape index (κ3) is 4.15. The van der Waals surface area contributed by atoms with Crippen LogP contribution >= 0.6 is 0 Å². The Morgan fingerprint density at radius 1 is 1.16 bits per heavy atom. The normalized spacial score (nSPS) is 12.4. The van der Waals surface area contributed by atoms with E-state index in [1.54, 1.807) is 0 Å². The molecule has 0 spiro atoms. The highest BCUT2D eigenvalue weighted by Gasteiger charge is 2.15. The molecule has 3 nitrogen and oxygen atoms in total. The molecule has 0 bridgehead atoms. The van der Waals surface area contributed by atoms with Gasteiger partial charge in [-0.1, -0.05) is 13.8 Å². The molecule has 0 aliphatic carbocycles. The standard InChI is InChI=1S/C13H17F3N2O/c1-7(2)8(3)18-11(19)6-17-10-5-4-9(14)12(15)13(10)16/h4-5,7-8,17H,6H2,1-3H3,(H,18,19). The molecule has 0 aromatic heterocycles. The fourth-order valence-electron chi connectivity index (χ4n) is 1.31. The fraction of sp³-hybridized carbons (Fsp3) is 0.462. The number of nitrogens with one attached hydrogen (secondary N) is 2. The summed E-state index contributed by atoms with van der Waals surface area (Å²) in [6.07, 6.45) is 0. The van der Waals surface area contributed by atoms with Gasteiger partial charge in [0.1, 0.15) is 0 Å². The summed E-state index contributed by atoms with van der Waals surface area (Å²) in [7, 11) is 0. The SMILES string of the molecule is CC(C)C(C)NC(=O)CNc1ccc(F)c(F)c1F. The van der Waals surface area contributed by atoms with Crippen LogP contribution in [0.2, 0.25) is 0 Å². The average molecular weight is 274 g/mol. The third-order valence-electron chi connectivity index (χ3n) is 2.86. The van der Waals surface area contributed by atoms with Gasteiger partial charge in [0.2, 0.25) is 5.91 Å². The van der Waals surface area contributed by atoms with E-state index in [-0.39, 0.29) is 30.1 Å². The second-order valence-electron chi connectivity index (χ2n) is 4.68. The maximum Gasteiger partial charge on any atom is 0.239 e. The van der Waals surface area contributed by atoms with Gasteiger partial charge in [0.05, 0.1) is 12.2 Å². The van der Waals surface area contributed by atoms with Crippen molar-refractivity contribution in [3.8, 4) is 0 Å². The highest BCUT2D eigenvalue weighted by atomic mass is 19.2. The highest BCUT2D eigenvalue weighted by Crippen LogP contribution is 2.19. The van der Waals surface area contributed by atoms with Crippen molar-refractivity contribution in [1.82, 2.24) is 5.32 Å². The smallest absolute Gasteiger partial charge is 0.239 e. The monoisotopic (exact) mass is 274 g/mol. The van der Waals surface area contributed by atoms with Crippen LogP contribution in [0.15, 0.2) is 12.1 Å². The van der Waals surface area contributed by atoms with Crippen molar-refractivity contribution in [1.29, 1.82) is 0 Å². The van der Waals surface area contributed by atoms with Crippen LogP contribution in [0, 0.1) is 23.4 Å². The van der Waals surface area contributed by atoms with Crippen LogP contribution in [-0.4, -0.2) is 18.5 Å². The summed E-state index contributed by atoms with van der Waals surface area (Å²) in [4.78, 5) is 11.5. The van der Waals surface area contributed by atoms with Gasteiger partial charge in [-0.25, -0.2) is 13.2 Å². The van der Waals surface area contributed by atoms with E-state index in [9.17, 15) is 18.0 Å². The molecule has 0 heterocycles. The molecule has 1 rings (SSSR count). The van der Waals surface area contributed by atoms with Crippen molar-refractivity contribution in [3.63, 3.8) is 0 Å². The summed E-state index contributed by atoms with van der Waals surface area (Å²) in [6.45, 7) is 5.54. The molecule has 1 aromatic carbocycles. The Hall–Kier alpha value is -1.72. The molecule has 2 N–H and O–H groups in total. The Morgan fingerprint density at radius 2 is 1.79 bits per heavy atom. The molecule has 0 saturated carbocycles. The first-order valence-electron chi connectivity index (χ1n) is 5.99. The van der Waals surface area contributed by atoms with Gasteiger partial charge in [-0.05, 0) is 25.0 Å². The molecule has 1 unspecified atom stereocenters. The molecule has 6 heteroatoms. The van der Waals surface area contributed by atoms with Crippen LogP contribution in [0.5, 0.6) is 0 Å². The van der Waals surface area contributed by atoms with E-state index in [1.807, 2.05) is 20.8 Å². The first-order chi connectivity index (χ1) is 8.82. The maximum atomic E-state index is 13.3. The number of halogens is 3. The van der Waals surface area contributed by atoms with Crippen molar-refractivity contribution in [2.24, 2.45) is 5.92 Å². The lowest BCUT2D eigenvalue weighted by molar-refractivity contribution is -0.120. The van der Waals surface area contributed by atoms with Crippen molar-refractivity contribution in [2.45, 2.75) is 26.8 Å². The van der Waals surface area contributed by atoms with Crippen molar-refractivity contribution in [3.05, 3.63) is 29.6 Å². The fourth-order valence-corrected chi connectivity index (χ4v) is 1.31.